The second-order valence-electron chi connectivity index (χ2n) is 8.67. The van der Waals surface area contributed by atoms with Gasteiger partial charge in [-0.15, -0.1) is 0 Å². The van der Waals surface area contributed by atoms with E-state index in [-0.39, 0.29) is 28.5 Å². The fourth-order valence-corrected chi connectivity index (χ4v) is 4.34. The maximum absolute atomic E-state index is 15.0. The summed E-state index contributed by atoms with van der Waals surface area (Å²) in [5.41, 5.74) is 1.02. The molecule has 0 N–H and O–H groups in total. The van der Waals surface area contributed by atoms with Gasteiger partial charge in [-0.25, -0.2) is 13.8 Å². The molecule has 0 bridgehead atoms. The number of fused-ring (bicyclic) bond motifs is 1. The first-order valence-corrected chi connectivity index (χ1v) is 12.1. The molecule has 10 heteroatoms. The van der Waals surface area contributed by atoms with E-state index in [0.29, 0.717) is 33.7 Å². The lowest BCUT2D eigenvalue weighted by Gasteiger charge is -2.12. The summed E-state index contributed by atoms with van der Waals surface area (Å²) in [6, 6.07) is 12.6. The Balaban J connectivity index is 1.41. The quantitative estimate of drug-likeness (QED) is 0.179. The number of aryl methyl sites for hydroxylation is 1. The molecule has 196 valence electrons. The Morgan fingerprint density at radius 3 is 2.51 bits per heavy atom. The van der Waals surface area contributed by atoms with Gasteiger partial charge < -0.3 is 14.0 Å². The Labute approximate surface area is 226 Å². The maximum Gasteiger partial charge on any atom is 0.201 e. The molecule has 7 nitrogen and oxygen atoms in total. The third-order valence-corrected chi connectivity index (χ3v) is 6.53. The highest BCUT2D eigenvalue weighted by Crippen LogP contribution is 2.31. The molecule has 39 heavy (non-hydrogen) atoms. The first-order chi connectivity index (χ1) is 18.7. The van der Waals surface area contributed by atoms with Crippen molar-refractivity contribution >= 4 is 28.4 Å². The minimum Gasteiger partial charge on any atom is -0.495 e. The van der Waals surface area contributed by atoms with Crippen molar-refractivity contribution in [2.45, 2.75) is 6.42 Å². The molecule has 0 saturated carbocycles. The summed E-state index contributed by atoms with van der Waals surface area (Å²) in [6.45, 7) is 0. The lowest BCUT2D eigenvalue weighted by molar-refractivity contribution is 0.0991. The van der Waals surface area contributed by atoms with E-state index in [1.165, 1.54) is 72.7 Å². The van der Waals surface area contributed by atoms with Crippen LogP contribution in [0.3, 0.4) is 0 Å². The molecule has 3 heterocycles. The van der Waals surface area contributed by atoms with Gasteiger partial charge in [0, 0.05) is 38.0 Å². The third kappa shape index (κ3) is 5.21. The van der Waals surface area contributed by atoms with E-state index < -0.39 is 22.8 Å². The SMILES string of the molecule is COc1cnc2c(Oc3ccc(CC(=O)c4cn(C)c(Cl)c(-c5ccc(F)cc5)c4=O)cc3F)ccnc2c1. The third-order valence-electron chi connectivity index (χ3n) is 6.08. The Bertz CT molecular complexity index is 1790. The number of hydrogen-bond acceptors (Lipinski definition) is 6. The summed E-state index contributed by atoms with van der Waals surface area (Å²) >= 11 is 6.35. The van der Waals surface area contributed by atoms with Gasteiger partial charge in [0.25, 0.3) is 0 Å². The first kappa shape index (κ1) is 26.0. The highest BCUT2D eigenvalue weighted by atomic mass is 35.5. The maximum atomic E-state index is 15.0. The van der Waals surface area contributed by atoms with Crippen molar-refractivity contribution in [2.75, 3.05) is 7.11 Å². The number of nitrogens with zero attached hydrogens (tertiary/aromatic N) is 3. The Morgan fingerprint density at radius 1 is 1.03 bits per heavy atom. The zero-order chi connectivity index (χ0) is 27.7. The number of rotatable bonds is 7. The number of Topliss-reactive ketones (excluding diaryl/α,β-unsaturated/α-hetero) is 1. The van der Waals surface area contributed by atoms with Crippen LogP contribution in [-0.4, -0.2) is 27.4 Å². The number of hydrogen-bond donors (Lipinski definition) is 0. The lowest BCUT2D eigenvalue weighted by Crippen LogP contribution is -2.21. The molecule has 0 aliphatic heterocycles. The van der Waals surface area contributed by atoms with Crippen molar-refractivity contribution < 1.29 is 23.0 Å². The molecule has 0 aliphatic carbocycles. The molecule has 0 spiro atoms. The van der Waals surface area contributed by atoms with E-state index in [4.69, 9.17) is 21.1 Å². The van der Waals surface area contributed by atoms with Crippen LogP contribution in [0.15, 0.2) is 78.0 Å². The van der Waals surface area contributed by atoms with E-state index in [0.717, 1.165) is 0 Å². The van der Waals surface area contributed by atoms with Crippen molar-refractivity contribution in [3.8, 4) is 28.4 Å². The summed E-state index contributed by atoms with van der Waals surface area (Å²) in [4.78, 5) is 34.8. The molecule has 0 fully saturated rings. The minimum absolute atomic E-state index is 0.0719. The van der Waals surface area contributed by atoms with E-state index in [2.05, 4.69) is 9.97 Å². The van der Waals surface area contributed by atoms with E-state index in [1.54, 1.807) is 19.2 Å². The summed E-state index contributed by atoms with van der Waals surface area (Å²) in [5, 5.41) is 0.104. The van der Waals surface area contributed by atoms with Gasteiger partial charge in [0.2, 0.25) is 5.43 Å². The summed E-state index contributed by atoms with van der Waals surface area (Å²) in [7, 11) is 3.10. The van der Waals surface area contributed by atoms with Gasteiger partial charge in [-0.1, -0.05) is 29.8 Å². The summed E-state index contributed by atoms with van der Waals surface area (Å²) in [6.07, 6.45) is 4.11. The molecular weight excluding hydrogens is 528 g/mol. The Kier molecular flexibility index (Phi) is 7.08. The number of methoxy groups -OCH3 is 1. The van der Waals surface area contributed by atoms with Gasteiger partial charge in [0.05, 0.1) is 30.0 Å². The number of benzene rings is 2. The smallest absolute Gasteiger partial charge is 0.201 e. The number of aromatic nitrogens is 3. The second-order valence-corrected chi connectivity index (χ2v) is 9.03. The van der Waals surface area contributed by atoms with E-state index in [9.17, 15) is 14.0 Å². The van der Waals surface area contributed by atoms with Gasteiger partial charge in [-0.3, -0.25) is 14.6 Å². The van der Waals surface area contributed by atoms with Gasteiger partial charge in [-0.2, -0.15) is 0 Å². The highest BCUT2D eigenvalue weighted by molar-refractivity contribution is 6.32. The lowest BCUT2D eigenvalue weighted by atomic mass is 9.99. The predicted octanol–water partition coefficient (Wildman–Crippen LogP) is 6.15. The van der Waals surface area contributed by atoms with Crippen molar-refractivity contribution in [1.29, 1.82) is 0 Å². The van der Waals surface area contributed by atoms with Gasteiger partial charge in [-0.05, 0) is 35.4 Å². The number of halogens is 3. The van der Waals surface area contributed by atoms with Gasteiger partial charge in [0.1, 0.15) is 22.2 Å². The number of carbonyl (C=O) groups excluding carboxylic acids is 1. The minimum atomic E-state index is -0.699. The van der Waals surface area contributed by atoms with E-state index in [1.807, 2.05) is 0 Å². The average molecular weight is 548 g/mol. The molecule has 0 aliphatic rings. The van der Waals surface area contributed by atoms with Crippen molar-refractivity contribution in [3.05, 3.63) is 111 Å². The van der Waals surface area contributed by atoms with Gasteiger partial charge in [0.15, 0.2) is 23.1 Å². The molecule has 3 aromatic heterocycles. The van der Waals surface area contributed by atoms with Crippen LogP contribution in [0.25, 0.3) is 22.2 Å². The largest absolute Gasteiger partial charge is 0.495 e. The van der Waals surface area contributed by atoms with Crippen LogP contribution in [0, 0.1) is 11.6 Å². The average Bonchev–Trinajstić information content (AvgIpc) is 2.93. The van der Waals surface area contributed by atoms with Gasteiger partial charge >= 0.3 is 0 Å². The topological polar surface area (TPSA) is 83.3 Å². The monoisotopic (exact) mass is 547 g/mol. The molecule has 0 saturated heterocycles. The fraction of sp³-hybridized carbons (Fsp3) is 0.103. The van der Waals surface area contributed by atoms with Crippen LogP contribution in [-0.2, 0) is 13.5 Å². The van der Waals surface area contributed by atoms with Crippen molar-refractivity contribution in [3.63, 3.8) is 0 Å². The molecule has 5 rings (SSSR count). The van der Waals surface area contributed by atoms with Crippen LogP contribution in [0.2, 0.25) is 5.15 Å². The molecule has 0 unspecified atom stereocenters. The van der Waals surface area contributed by atoms with Crippen molar-refractivity contribution in [2.24, 2.45) is 7.05 Å². The normalized spacial score (nSPS) is 11.0. The Morgan fingerprint density at radius 2 is 1.79 bits per heavy atom. The summed E-state index contributed by atoms with van der Waals surface area (Å²) < 4.78 is 40.8. The first-order valence-electron chi connectivity index (χ1n) is 11.7. The number of pyridine rings is 3. The Hall–Kier alpha value is -4.63. The van der Waals surface area contributed by atoms with Crippen LogP contribution < -0.4 is 14.9 Å². The molecule has 5 aromatic rings. The molecule has 0 atom stereocenters. The van der Waals surface area contributed by atoms with Crippen LogP contribution in [0.5, 0.6) is 17.2 Å². The zero-order valence-electron chi connectivity index (χ0n) is 20.7. The van der Waals surface area contributed by atoms with Crippen LogP contribution in [0.1, 0.15) is 15.9 Å². The standard InChI is InChI=1S/C29H20ClF2N3O4/c1-35-15-20(28(37)26(29(35)30)17-4-6-18(31)7-5-17)23(36)12-16-3-8-24(21(32)11-16)39-25-9-10-33-22-13-19(38-2)14-34-27(22)25/h3-11,13-15H,12H2,1-2H3. The second kappa shape index (κ2) is 10.6. The number of carbonyl (C=O) groups is 1. The molecular formula is C29H20ClF2N3O4. The fourth-order valence-electron chi connectivity index (χ4n) is 4.10. The molecule has 0 amide bonds. The molecule has 0 radical (unpaired) electrons. The zero-order valence-corrected chi connectivity index (χ0v) is 21.5. The number of ether oxygens (including phenoxy) is 2. The van der Waals surface area contributed by atoms with Crippen LogP contribution in [0.4, 0.5) is 8.78 Å². The van der Waals surface area contributed by atoms with Crippen LogP contribution >= 0.6 is 11.6 Å². The predicted molar refractivity (Wildman–Crippen MR) is 143 cm³/mol. The van der Waals surface area contributed by atoms with Crippen molar-refractivity contribution in [1.82, 2.24) is 14.5 Å². The number of ketones is 1. The highest BCUT2D eigenvalue weighted by Gasteiger charge is 2.20. The summed E-state index contributed by atoms with van der Waals surface area (Å²) in [5.74, 6) is -0.952. The van der Waals surface area contributed by atoms with E-state index >= 15 is 4.39 Å². The molecule has 2 aromatic carbocycles.